The molecule has 0 aliphatic heterocycles. The van der Waals surface area contributed by atoms with Crippen LogP contribution in [0.2, 0.25) is 0 Å². The summed E-state index contributed by atoms with van der Waals surface area (Å²) in [5.74, 6) is -0.346. The molecule has 1 unspecified atom stereocenters. The highest BCUT2D eigenvalue weighted by Crippen LogP contribution is 1.98. The summed E-state index contributed by atoms with van der Waals surface area (Å²) in [6, 6.07) is 9.87. The summed E-state index contributed by atoms with van der Waals surface area (Å²) < 4.78 is 0. The Labute approximate surface area is 95.5 Å². The lowest BCUT2D eigenvalue weighted by Crippen LogP contribution is -2.36. The van der Waals surface area contributed by atoms with Gasteiger partial charge in [-0.1, -0.05) is 30.3 Å². The molecular weight excluding hydrogens is 204 g/mol. The third-order valence-electron chi connectivity index (χ3n) is 2.30. The first-order chi connectivity index (χ1) is 7.74. The molecule has 0 aliphatic carbocycles. The Morgan fingerprint density at radius 1 is 1.38 bits per heavy atom. The highest BCUT2D eigenvalue weighted by molar-refractivity contribution is 5.80. The van der Waals surface area contributed by atoms with E-state index in [2.05, 4.69) is 5.32 Å². The summed E-state index contributed by atoms with van der Waals surface area (Å²) >= 11 is 0. The summed E-state index contributed by atoms with van der Waals surface area (Å²) in [6.45, 7) is 0.845. The summed E-state index contributed by atoms with van der Waals surface area (Å²) in [6.07, 6.45) is 0.0832. The second-order valence-electron chi connectivity index (χ2n) is 3.62. The van der Waals surface area contributed by atoms with Crippen LogP contribution in [-0.2, 0) is 11.2 Å². The van der Waals surface area contributed by atoms with Crippen molar-refractivity contribution >= 4 is 5.91 Å². The largest absolute Gasteiger partial charge is 0.383 e. The SMILES string of the molecule is NCCC(O)C(=O)NCCc1ccccc1. The molecule has 0 aromatic heterocycles. The van der Waals surface area contributed by atoms with Gasteiger partial charge in [0.15, 0.2) is 0 Å². The van der Waals surface area contributed by atoms with Crippen molar-refractivity contribution in [3.05, 3.63) is 35.9 Å². The van der Waals surface area contributed by atoms with Gasteiger partial charge in [0.2, 0.25) is 5.91 Å². The molecule has 16 heavy (non-hydrogen) atoms. The van der Waals surface area contributed by atoms with Gasteiger partial charge in [0.05, 0.1) is 0 Å². The molecule has 1 aromatic carbocycles. The van der Waals surface area contributed by atoms with E-state index in [1.54, 1.807) is 0 Å². The lowest BCUT2D eigenvalue weighted by atomic mass is 10.1. The lowest BCUT2D eigenvalue weighted by Gasteiger charge is -2.10. The van der Waals surface area contributed by atoms with Crippen LogP contribution in [0.4, 0.5) is 0 Å². The minimum atomic E-state index is -0.985. The van der Waals surface area contributed by atoms with E-state index in [-0.39, 0.29) is 5.91 Å². The third-order valence-corrected chi connectivity index (χ3v) is 2.30. The maximum Gasteiger partial charge on any atom is 0.248 e. The standard InChI is InChI=1S/C12H18N2O2/c13-8-6-11(15)12(16)14-9-7-10-4-2-1-3-5-10/h1-5,11,15H,6-9,13H2,(H,14,16). The van der Waals surface area contributed by atoms with Crippen LogP contribution < -0.4 is 11.1 Å². The fraction of sp³-hybridized carbons (Fsp3) is 0.417. The molecule has 0 heterocycles. The fourth-order valence-corrected chi connectivity index (χ4v) is 1.38. The van der Waals surface area contributed by atoms with Gasteiger partial charge in [-0.25, -0.2) is 0 Å². The number of aliphatic hydroxyl groups excluding tert-OH is 1. The van der Waals surface area contributed by atoms with E-state index in [1.165, 1.54) is 0 Å². The summed E-state index contributed by atoms with van der Waals surface area (Å²) in [4.78, 5) is 11.3. The minimum absolute atomic E-state index is 0.303. The molecule has 0 bridgehead atoms. The van der Waals surface area contributed by atoms with Gasteiger partial charge >= 0.3 is 0 Å². The zero-order chi connectivity index (χ0) is 11.8. The van der Waals surface area contributed by atoms with Crippen molar-refractivity contribution in [3.63, 3.8) is 0 Å². The van der Waals surface area contributed by atoms with Gasteiger partial charge in [0, 0.05) is 6.54 Å². The summed E-state index contributed by atoms with van der Waals surface area (Å²) in [5, 5.41) is 12.0. The Hall–Kier alpha value is -1.39. The highest BCUT2D eigenvalue weighted by atomic mass is 16.3. The average molecular weight is 222 g/mol. The number of hydrogen-bond acceptors (Lipinski definition) is 3. The number of aliphatic hydroxyl groups is 1. The molecule has 0 saturated carbocycles. The molecule has 1 amide bonds. The second-order valence-corrected chi connectivity index (χ2v) is 3.62. The van der Waals surface area contributed by atoms with Gasteiger partial charge in [-0.15, -0.1) is 0 Å². The zero-order valence-electron chi connectivity index (χ0n) is 9.23. The number of hydrogen-bond donors (Lipinski definition) is 3. The Kier molecular flexibility index (Phi) is 5.53. The molecule has 0 radical (unpaired) electrons. The van der Waals surface area contributed by atoms with Crippen molar-refractivity contribution in [3.8, 4) is 0 Å². The van der Waals surface area contributed by atoms with Gasteiger partial charge in [-0.3, -0.25) is 4.79 Å². The van der Waals surface area contributed by atoms with Crippen molar-refractivity contribution in [2.45, 2.75) is 18.9 Å². The first-order valence-electron chi connectivity index (χ1n) is 5.44. The normalized spacial score (nSPS) is 12.1. The lowest BCUT2D eigenvalue weighted by molar-refractivity contribution is -0.129. The number of nitrogens with two attached hydrogens (primary N) is 1. The molecule has 0 aliphatic rings. The maximum absolute atomic E-state index is 11.3. The number of carbonyl (C=O) groups excluding carboxylic acids is 1. The quantitative estimate of drug-likeness (QED) is 0.637. The van der Waals surface area contributed by atoms with Crippen LogP contribution in [0.25, 0.3) is 0 Å². The predicted molar refractivity (Wildman–Crippen MR) is 62.8 cm³/mol. The topological polar surface area (TPSA) is 75.3 Å². The molecule has 1 rings (SSSR count). The van der Waals surface area contributed by atoms with E-state index in [4.69, 9.17) is 5.73 Å². The van der Waals surface area contributed by atoms with Crippen molar-refractivity contribution in [2.75, 3.05) is 13.1 Å². The number of benzene rings is 1. The fourth-order valence-electron chi connectivity index (χ4n) is 1.38. The smallest absolute Gasteiger partial charge is 0.248 e. The predicted octanol–water partition coefficient (Wildman–Crippen LogP) is 0.0550. The van der Waals surface area contributed by atoms with Gasteiger partial charge in [0.25, 0.3) is 0 Å². The molecule has 0 saturated heterocycles. The van der Waals surface area contributed by atoms with Crippen LogP contribution in [-0.4, -0.2) is 30.2 Å². The van der Waals surface area contributed by atoms with Gasteiger partial charge < -0.3 is 16.2 Å². The molecule has 88 valence electrons. The van der Waals surface area contributed by atoms with E-state index < -0.39 is 6.10 Å². The van der Waals surface area contributed by atoms with Crippen molar-refractivity contribution < 1.29 is 9.90 Å². The Morgan fingerprint density at radius 2 is 2.06 bits per heavy atom. The van der Waals surface area contributed by atoms with Crippen LogP contribution in [0.5, 0.6) is 0 Å². The van der Waals surface area contributed by atoms with Crippen LogP contribution in [0.1, 0.15) is 12.0 Å². The Balaban J connectivity index is 2.23. The van der Waals surface area contributed by atoms with Crippen molar-refractivity contribution in [2.24, 2.45) is 5.73 Å². The van der Waals surface area contributed by atoms with Gasteiger partial charge in [-0.2, -0.15) is 0 Å². The maximum atomic E-state index is 11.3. The first-order valence-corrected chi connectivity index (χ1v) is 5.44. The minimum Gasteiger partial charge on any atom is -0.383 e. The highest BCUT2D eigenvalue weighted by Gasteiger charge is 2.12. The van der Waals surface area contributed by atoms with Crippen LogP contribution in [0.15, 0.2) is 30.3 Å². The van der Waals surface area contributed by atoms with E-state index in [0.717, 1.165) is 12.0 Å². The number of rotatable bonds is 6. The number of amides is 1. The summed E-state index contributed by atoms with van der Waals surface area (Å²) in [5.41, 5.74) is 6.41. The number of nitrogens with one attached hydrogen (secondary N) is 1. The molecule has 4 heteroatoms. The second kappa shape index (κ2) is 6.98. The third kappa shape index (κ3) is 4.42. The average Bonchev–Trinajstić information content (AvgIpc) is 2.30. The van der Waals surface area contributed by atoms with Gasteiger partial charge in [-0.05, 0) is 24.9 Å². The Bertz CT molecular complexity index is 314. The molecular formula is C12H18N2O2. The number of carbonyl (C=O) groups is 1. The van der Waals surface area contributed by atoms with E-state index in [1.807, 2.05) is 30.3 Å². The van der Waals surface area contributed by atoms with E-state index in [0.29, 0.717) is 19.5 Å². The van der Waals surface area contributed by atoms with Crippen molar-refractivity contribution in [1.82, 2.24) is 5.32 Å². The van der Waals surface area contributed by atoms with Gasteiger partial charge in [0.1, 0.15) is 6.10 Å². The van der Waals surface area contributed by atoms with Crippen LogP contribution in [0.3, 0.4) is 0 Å². The monoisotopic (exact) mass is 222 g/mol. The van der Waals surface area contributed by atoms with E-state index >= 15 is 0 Å². The molecule has 4 N–H and O–H groups in total. The first kappa shape index (κ1) is 12.7. The molecule has 0 fully saturated rings. The van der Waals surface area contributed by atoms with E-state index in [9.17, 15) is 9.90 Å². The zero-order valence-corrected chi connectivity index (χ0v) is 9.23. The molecule has 0 spiro atoms. The molecule has 1 aromatic rings. The van der Waals surface area contributed by atoms with Crippen LogP contribution in [0, 0.1) is 0 Å². The van der Waals surface area contributed by atoms with Crippen molar-refractivity contribution in [1.29, 1.82) is 0 Å². The molecule has 4 nitrogen and oxygen atoms in total. The summed E-state index contributed by atoms with van der Waals surface area (Å²) in [7, 11) is 0. The van der Waals surface area contributed by atoms with Crippen LogP contribution >= 0.6 is 0 Å². The Morgan fingerprint density at radius 3 is 2.69 bits per heavy atom. The molecule has 1 atom stereocenters.